The Bertz CT molecular complexity index is 903. The van der Waals surface area contributed by atoms with Gasteiger partial charge in [-0.05, 0) is 54.4 Å². The lowest BCUT2D eigenvalue weighted by Crippen LogP contribution is -2.19. The van der Waals surface area contributed by atoms with E-state index >= 15 is 0 Å². The number of pyridine rings is 2. The Morgan fingerprint density at radius 1 is 1.05 bits per heavy atom. The van der Waals surface area contributed by atoms with Crippen LogP contribution < -0.4 is 11.3 Å². The first-order chi connectivity index (χ1) is 10.6. The van der Waals surface area contributed by atoms with Crippen molar-refractivity contribution in [3.63, 3.8) is 0 Å². The Kier molecular flexibility index (Phi) is 3.73. The summed E-state index contributed by atoms with van der Waals surface area (Å²) in [5.74, 6) is -0.939. The van der Waals surface area contributed by atoms with E-state index in [0.717, 1.165) is 11.8 Å². The second-order valence-electron chi connectivity index (χ2n) is 5.04. The third-order valence-corrected chi connectivity index (χ3v) is 3.55. The lowest BCUT2D eigenvalue weighted by atomic mass is 9.98. The van der Waals surface area contributed by atoms with Gasteiger partial charge in [-0.25, -0.2) is 8.78 Å². The second-order valence-corrected chi connectivity index (χ2v) is 5.04. The molecule has 0 aliphatic rings. The van der Waals surface area contributed by atoms with Crippen molar-refractivity contribution in [2.75, 3.05) is 6.54 Å². The lowest BCUT2D eigenvalue weighted by Gasteiger charge is -2.12. The van der Waals surface area contributed by atoms with E-state index in [1.54, 1.807) is 12.1 Å². The molecule has 3 aromatic rings. The fraction of sp³-hybridized carbons (Fsp3) is 0.118. The molecule has 0 spiro atoms. The van der Waals surface area contributed by atoms with Gasteiger partial charge >= 0.3 is 0 Å². The molecule has 0 bridgehead atoms. The standard InChI is InChI=1S/C17H14F2N2O/c18-13-3-1-2-11(8-13)16-12(6-7-20)9-15-5-4-14(19)10-21(15)17(16)22/h1-5,8-10H,6-7,20H2. The molecule has 0 fully saturated rings. The van der Waals surface area contributed by atoms with Crippen LogP contribution in [0, 0.1) is 11.6 Å². The van der Waals surface area contributed by atoms with E-state index in [9.17, 15) is 13.6 Å². The Balaban J connectivity index is 2.37. The van der Waals surface area contributed by atoms with Crippen molar-refractivity contribution in [1.82, 2.24) is 4.40 Å². The molecule has 0 saturated heterocycles. The van der Waals surface area contributed by atoms with Gasteiger partial charge in [0.25, 0.3) is 5.56 Å². The van der Waals surface area contributed by atoms with Gasteiger partial charge < -0.3 is 5.73 Å². The van der Waals surface area contributed by atoms with E-state index in [-0.39, 0.29) is 5.56 Å². The topological polar surface area (TPSA) is 47.5 Å². The molecule has 3 rings (SSSR count). The van der Waals surface area contributed by atoms with Crippen LogP contribution in [0.15, 0.2) is 53.5 Å². The number of benzene rings is 1. The molecular weight excluding hydrogens is 286 g/mol. The van der Waals surface area contributed by atoms with Gasteiger partial charge in [0.1, 0.15) is 11.6 Å². The third kappa shape index (κ3) is 2.51. The van der Waals surface area contributed by atoms with Crippen molar-refractivity contribution in [1.29, 1.82) is 0 Å². The van der Waals surface area contributed by atoms with E-state index < -0.39 is 11.6 Å². The highest BCUT2D eigenvalue weighted by atomic mass is 19.1. The summed E-state index contributed by atoms with van der Waals surface area (Å²) in [5, 5.41) is 0. The summed E-state index contributed by atoms with van der Waals surface area (Å²) in [6.07, 6.45) is 1.61. The molecule has 2 heterocycles. The van der Waals surface area contributed by atoms with Gasteiger partial charge in [-0.2, -0.15) is 0 Å². The highest BCUT2D eigenvalue weighted by Crippen LogP contribution is 2.23. The molecule has 3 nitrogen and oxygen atoms in total. The van der Waals surface area contributed by atoms with E-state index in [2.05, 4.69) is 0 Å². The monoisotopic (exact) mass is 300 g/mol. The Morgan fingerprint density at radius 2 is 1.86 bits per heavy atom. The quantitative estimate of drug-likeness (QED) is 0.808. The molecule has 0 atom stereocenters. The van der Waals surface area contributed by atoms with E-state index in [4.69, 9.17) is 5.73 Å². The fourth-order valence-corrected chi connectivity index (χ4v) is 2.59. The molecule has 112 valence electrons. The summed E-state index contributed by atoms with van der Waals surface area (Å²) in [5.41, 5.74) is 7.35. The van der Waals surface area contributed by atoms with Crippen LogP contribution in [0.2, 0.25) is 0 Å². The minimum absolute atomic E-state index is 0.355. The number of halogens is 2. The molecule has 2 aromatic heterocycles. The molecular formula is C17H14F2N2O. The van der Waals surface area contributed by atoms with Gasteiger partial charge in [0, 0.05) is 11.7 Å². The summed E-state index contributed by atoms with van der Waals surface area (Å²) in [6.45, 7) is 0.360. The van der Waals surface area contributed by atoms with Crippen LogP contribution in [-0.4, -0.2) is 10.9 Å². The van der Waals surface area contributed by atoms with E-state index in [0.29, 0.717) is 29.6 Å². The highest BCUT2D eigenvalue weighted by molar-refractivity contribution is 5.70. The van der Waals surface area contributed by atoms with Crippen LogP contribution >= 0.6 is 0 Å². The van der Waals surface area contributed by atoms with Crippen molar-refractivity contribution in [3.8, 4) is 11.1 Å². The number of hydrogen-bond donors (Lipinski definition) is 1. The average molecular weight is 300 g/mol. The van der Waals surface area contributed by atoms with Gasteiger partial charge in [-0.1, -0.05) is 12.1 Å². The average Bonchev–Trinajstić information content (AvgIpc) is 2.49. The number of rotatable bonds is 3. The van der Waals surface area contributed by atoms with Crippen molar-refractivity contribution in [2.45, 2.75) is 6.42 Å². The Morgan fingerprint density at radius 3 is 2.59 bits per heavy atom. The predicted molar refractivity (Wildman–Crippen MR) is 81.8 cm³/mol. The van der Waals surface area contributed by atoms with Crippen LogP contribution in [0.25, 0.3) is 16.6 Å². The molecule has 1 aromatic carbocycles. The number of hydrogen-bond acceptors (Lipinski definition) is 2. The summed E-state index contributed by atoms with van der Waals surface area (Å²) in [6, 6.07) is 10.4. The molecule has 5 heteroatoms. The van der Waals surface area contributed by atoms with Gasteiger partial charge in [0.05, 0.1) is 5.56 Å². The summed E-state index contributed by atoms with van der Waals surface area (Å²) < 4.78 is 28.1. The van der Waals surface area contributed by atoms with Crippen LogP contribution in [0.4, 0.5) is 8.78 Å². The molecule has 0 saturated carbocycles. The molecule has 2 N–H and O–H groups in total. The zero-order valence-corrected chi connectivity index (χ0v) is 11.7. The molecule has 0 unspecified atom stereocenters. The third-order valence-electron chi connectivity index (χ3n) is 3.55. The predicted octanol–water partition coefficient (Wildman–Crippen LogP) is 2.75. The zero-order chi connectivity index (χ0) is 15.7. The first kappa shape index (κ1) is 14.4. The van der Waals surface area contributed by atoms with Crippen LogP contribution in [0.1, 0.15) is 5.56 Å². The Labute approximate surface area is 125 Å². The first-order valence-corrected chi connectivity index (χ1v) is 6.90. The largest absolute Gasteiger partial charge is 0.330 e. The van der Waals surface area contributed by atoms with Gasteiger partial charge in [0.2, 0.25) is 0 Å². The molecule has 0 amide bonds. The zero-order valence-electron chi connectivity index (χ0n) is 11.7. The first-order valence-electron chi connectivity index (χ1n) is 6.90. The smallest absolute Gasteiger partial charge is 0.263 e. The normalized spacial score (nSPS) is 11.0. The molecule has 22 heavy (non-hydrogen) atoms. The van der Waals surface area contributed by atoms with Crippen molar-refractivity contribution >= 4 is 5.52 Å². The van der Waals surface area contributed by atoms with Gasteiger partial charge in [0.15, 0.2) is 0 Å². The number of nitrogens with zero attached hydrogens (tertiary/aromatic N) is 1. The number of aromatic nitrogens is 1. The maximum Gasteiger partial charge on any atom is 0.263 e. The molecule has 0 aliphatic heterocycles. The SMILES string of the molecule is NCCc1cc2ccc(F)cn2c(=O)c1-c1cccc(F)c1. The summed E-state index contributed by atoms with van der Waals surface area (Å²) >= 11 is 0. The minimum atomic E-state index is -0.508. The number of nitrogens with two attached hydrogens (primary N) is 1. The lowest BCUT2D eigenvalue weighted by molar-refractivity contribution is 0.618. The molecule has 0 radical (unpaired) electrons. The molecule has 0 aliphatic carbocycles. The van der Waals surface area contributed by atoms with Crippen molar-refractivity contribution in [3.05, 3.63) is 76.2 Å². The number of fused-ring (bicyclic) bond motifs is 1. The summed E-state index contributed by atoms with van der Waals surface area (Å²) in [7, 11) is 0. The fourth-order valence-electron chi connectivity index (χ4n) is 2.59. The van der Waals surface area contributed by atoms with Crippen LogP contribution in [0.3, 0.4) is 0 Å². The maximum atomic E-state index is 13.5. The van der Waals surface area contributed by atoms with Crippen LogP contribution in [-0.2, 0) is 6.42 Å². The van der Waals surface area contributed by atoms with E-state index in [1.165, 1.54) is 34.7 Å². The minimum Gasteiger partial charge on any atom is -0.330 e. The highest BCUT2D eigenvalue weighted by Gasteiger charge is 2.13. The summed E-state index contributed by atoms with van der Waals surface area (Å²) in [4.78, 5) is 12.7. The maximum absolute atomic E-state index is 13.5. The van der Waals surface area contributed by atoms with E-state index in [1.807, 2.05) is 0 Å². The van der Waals surface area contributed by atoms with Crippen molar-refractivity contribution in [2.24, 2.45) is 5.73 Å². The van der Waals surface area contributed by atoms with Gasteiger partial charge in [-0.15, -0.1) is 0 Å². The van der Waals surface area contributed by atoms with Gasteiger partial charge in [-0.3, -0.25) is 9.20 Å². The second kappa shape index (κ2) is 5.69. The van der Waals surface area contributed by atoms with Crippen LogP contribution in [0.5, 0.6) is 0 Å². The van der Waals surface area contributed by atoms with Crippen molar-refractivity contribution < 1.29 is 8.78 Å². The Hall–Kier alpha value is -2.53.